The Balaban J connectivity index is 1.90. The first kappa shape index (κ1) is 15.8. The highest BCUT2D eigenvalue weighted by Gasteiger charge is 2.35. The number of amides is 1. The molecule has 2 aliphatic rings. The maximum atomic E-state index is 12.4. The van der Waals surface area contributed by atoms with Gasteiger partial charge < -0.3 is 4.90 Å². The summed E-state index contributed by atoms with van der Waals surface area (Å²) < 4.78 is 0. The molecule has 20 heavy (non-hydrogen) atoms. The zero-order valence-corrected chi connectivity index (χ0v) is 13.4. The van der Waals surface area contributed by atoms with Crippen molar-refractivity contribution < 1.29 is 4.79 Å². The van der Waals surface area contributed by atoms with Gasteiger partial charge in [-0.3, -0.25) is 9.69 Å². The molecular formula is C17H32N2O. The van der Waals surface area contributed by atoms with Gasteiger partial charge in [0.05, 0.1) is 0 Å². The summed E-state index contributed by atoms with van der Waals surface area (Å²) in [6, 6.07) is 1.10. The van der Waals surface area contributed by atoms with Crippen LogP contribution in [0.1, 0.15) is 71.1 Å². The molecule has 0 aromatic heterocycles. The van der Waals surface area contributed by atoms with Crippen molar-refractivity contribution in [2.24, 2.45) is 0 Å². The van der Waals surface area contributed by atoms with Gasteiger partial charge in [-0.25, -0.2) is 0 Å². The molecule has 0 N–H and O–H groups in total. The summed E-state index contributed by atoms with van der Waals surface area (Å²) in [5.74, 6) is 0.370. The summed E-state index contributed by atoms with van der Waals surface area (Å²) in [7, 11) is 2.05. The van der Waals surface area contributed by atoms with Crippen LogP contribution in [0, 0.1) is 0 Å². The minimum atomic E-state index is 0.370. The van der Waals surface area contributed by atoms with Crippen LogP contribution >= 0.6 is 0 Å². The highest BCUT2D eigenvalue weighted by molar-refractivity contribution is 5.76. The fraction of sp³-hybridized carbons (Fsp3) is 0.941. The number of likely N-dealkylation sites (N-methyl/N-ethyl adjacent to an activating group) is 1. The molecule has 2 fully saturated rings. The van der Waals surface area contributed by atoms with Crippen LogP contribution in [0.25, 0.3) is 0 Å². The van der Waals surface area contributed by atoms with Crippen LogP contribution in [-0.2, 0) is 4.79 Å². The second-order valence-corrected chi connectivity index (χ2v) is 6.62. The fourth-order valence-corrected chi connectivity index (χ4v) is 3.93. The number of likely N-dealkylation sites (tertiary alicyclic amines) is 1. The fourth-order valence-electron chi connectivity index (χ4n) is 3.93. The predicted octanol–water partition coefficient (Wildman–Crippen LogP) is 3.43. The van der Waals surface area contributed by atoms with Gasteiger partial charge in [-0.1, -0.05) is 32.6 Å². The Morgan fingerprint density at radius 3 is 2.50 bits per heavy atom. The molecule has 2 atom stereocenters. The molecule has 2 rings (SSSR count). The van der Waals surface area contributed by atoms with E-state index in [0.29, 0.717) is 18.0 Å². The van der Waals surface area contributed by atoms with Crippen LogP contribution in [0.2, 0.25) is 0 Å². The zero-order valence-electron chi connectivity index (χ0n) is 13.4. The van der Waals surface area contributed by atoms with Crippen molar-refractivity contribution in [3.05, 3.63) is 0 Å². The SMILES string of the molecule is CCCCCC(=O)N(C)[C@@H]1CCCC[C@H]1N1CCCC1. The van der Waals surface area contributed by atoms with Gasteiger partial charge in [0, 0.05) is 25.6 Å². The molecule has 3 nitrogen and oxygen atoms in total. The van der Waals surface area contributed by atoms with Gasteiger partial charge >= 0.3 is 0 Å². The standard InChI is InChI=1S/C17H32N2O/c1-3-4-5-12-17(20)18(2)15-10-6-7-11-16(15)19-13-8-9-14-19/h15-16H,3-14H2,1-2H3/t15-,16-/m1/s1. The van der Waals surface area contributed by atoms with E-state index in [1.807, 2.05) is 7.05 Å². The lowest BCUT2D eigenvalue weighted by Gasteiger charge is -2.42. The van der Waals surface area contributed by atoms with E-state index in [9.17, 15) is 4.79 Å². The molecule has 0 aromatic rings. The van der Waals surface area contributed by atoms with Gasteiger partial charge in [-0.05, 0) is 45.2 Å². The minimum Gasteiger partial charge on any atom is -0.341 e. The number of nitrogens with zero attached hydrogens (tertiary/aromatic N) is 2. The number of unbranched alkanes of at least 4 members (excludes halogenated alkanes) is 2. The Bertz CT molecular complexity index is 299. The van der Waals surface area contributed by atoms with Crippen molar-refractivity contribution in [2.45, 2.75) is 83.2 Å². The molecule has 1 aliphatic carbocycles. The lowest BCUT2D eigenvalue weighted by Crippen LogP contribution is -2.53. The van der Waals surface area contributed by atoms with Gasteiger partial charge in [0.2, 0.25) is 5.91 Å². The molecule has 1 saturated carbocycles. The number of rotatable bonds is 6. The molecule has 3 heteroatoms. The van der Waals surface area contributed by atoms with Crippen LogP contribution in [0.5, 0.6) is 0 Å². The summed E-state index contributed by atoms with van der Waals surface area (Å²) in [6.45, 7) is 4.69. The highest BCUT2D eigenvalue weighted by Crippen LogP contribution is 2.29. The van der Waals surface area contributed by atoms with E-state index < -0.39 is 0 Å². The van der Waals surface area contributed by atoms with Crippen LogP contribution in [0.3, 0.4) is 0 Å². The van der Waals surface area contributed by atoms with Gasteiger partial charge in [-0.2, -0.15) is 0 Å². The van der Waals surface area contributed by atoms with Crippen molar-refractivity contribution in [2.75, 3.05) is 20.1 Å². The van der Waals surface area contributed by atoms with Gasteiger partial charge in [0.15, 0.2) is 0 Å². The van der Waals surface area contributed by atoms with E-state index in [4.69, 9.17) is 0 Å². The summed E-state index contributed by atoms with van der Waals surface area (Å²) >= 11 is 0. The second-order valence-electron chi connectivity index (χ2n) is 6.62. The Kier molecular flexibility index (Phi) is 6.34. The third-order valence-electron chi connectivity index (χ3n) is 5.19. The van der Waals surface area contributed by atoms with E-state index in [1.54, 1.807) is 0 Å². The largest absolute Gasteiger partial charge is 0.341 e. The third-order valence-corrected chi connectivity index (χ3v) is 5.19. The van der Waals surface area contributed by atoms with Gasteiger partial charge in [0.25, 0.3) is 0 Å². The first-order chi connectivity index (χ1) is 9.74. The smallest absolute Gasteiger partial charge is 0.222 e. The van der Waals surface area contributed by atoms with Crippen LogP contribution in [0.4, 0.5) is 0 Å². The van der Waals surface area contributed by atoms with Crippen LogP contribution in [0.15, 0.2) is 0 Å². The molecule has 116 valence electrons. The maximum Gasteiger partial charge on any atom is 0.222 e. The van der Waals surface area contributed by atoms with E-state index in [-0.39, 0.29) is 0 Å². The van der Waals surface area contributed by atoms with Gasteiger partial charge in [-0.15, -0.1) is 0 Å². The quantitative estimate of drug-likeness (QED) is 0.696. The van der Waals surface area contributed by atoms with Crippen molar-refractivity contribution in [1.29, 1.82) is 0 Å². The Morgan fingerprint density at radius 2 is 1.80 bits per heavy atom. The molecule has 1 amide bonds. The monoisotopic (exact) mass is 280 g/mol. The molecule has 0 unspecified atom stereocenters. The predicted molar refractivity (Wildman–Crippen MR) is 83.8 cm³/mol. The van der Waals surface area contributed by atoms with Crippen molar-refractivity contribution in [3.8, 4) is 0 Å². The summed E-state index contributed by atoms with van der Waals surface area (Å²) in [6.07, 6.45) is 12.0. The second kappa shape index (κ2) is 8.02. The molecular weight excluding hydrogens is 248 g/mol. The van der Waals surface area contributed by atoms with E-state index >= 15 is 0 Å². The number of hydrogen-bond acceptors (Lipinski definition) is 2. The first-order valence-electron chi connectivity index (χ1n) is 8.73. The van der Waals surface area contributed by atoms with E-state index in [2.05, 4.69) is 16.7 Å². The summed E-state index contributed by atoms with van der Waals surface area (Å²) in [5, 5.41) is 0. The number of hydrogen-bond donors (Lipinski definition) is 0. The van der Waals surface area contributed by atoms with E-state index in [0.717, 1.165) is 12.8 Å². The van der Waals surface area contributed by atoms with Crippen LogP contribution < -0.4 is 0 Å². The van der Waals surface area contributed by atoms with Crippen molar-refractivity contribution in [3.63, 3.8) is 0 Å². The lowest BCUT2D eigenvalue weighted by molar-refractivity contribution is -0.134. The molecule has 0 radical (unpaired) electrons. The first-order valence-corrected chi connectivity index (χ1v) is 8.73. The molecule has 0 spiro atoms. The normalized spacial score (nSPS) is 27.7. The molecule has 1 saturated heterocycles. The van der Waals surface area contributed by atoms with E-state index in [1.165, 1.54) is 64.5 Å². The summed E-state index contributed by atoms with van der Waals surface area (Å²) in [5.41, 5.74) is 0. The van der Waals surface area contributed by atoms with Crippen molar-refractivity contribution >= 4 is 5.91 Å². The van der Waals surface area contributed by atoms with Crippen molar-refractivity contribution in [1.82, 2.24) is 9.80 Å². The lowest BCUT2D eigenvalue weighted by atomic mass is 9.88. The maximum absolute atomic E-state index is 12.4. The molecule has 1 aliphatic heterocycles. The highest BCUT2D eigenvalue weighted by atomic mass is 16.2. The molecule has 0 aromatic carbocycles. The third kappa shape index (κ3) is 3.97. The average molecular weight is 280 g/mol. The Hall–Kier alpha value is -0.570. The average Bonchev–Trinajstić information content (AvgIpc) is 3.00. The minimum absolute atomic E-state index is 0.370. The number of carbonyl (C=O) groups excluding carboxylic acids is 1. The van der Waals surface area contributed by atoms with Gasteiger partial charge in [0.1, 0.15) is 0 Å². The zero-order chi connectivity index (χ0) is 14.4. The molecule has 0 bridgehead atoms. The Morgan fingerprint density at radius 1 is 1.10 bits per heavy atom. The number of carbonyl (C=O) groups is 1. The van der Waals surface area contributed by atoms with Crippen LogP contribution in [-0.4, -0.2) is 47.9 Å². The Labute approximate surface area is 124 Å². The summed E-state index contributed by atoms with van der Waals surface area (Å²) in [4.78, 5) is 17.1. The topological polar surface area (TPSA) is 23.6 Å². The molecule has 1 heterocycles.